The molecule has 0 saturated heterocycles. The molecule has 1 N–H and O–H groups in total. The molecule has 2 aromatic rings. The fourth-order valence-electron chi connectivity index (χ4n) is 3.40. The largest absolute Gasteiger partial charge is 0.497 e. The van der Waals surface area contributed by atoms with Gasteiger partial charge in [0.1, 0.15) is 5.75 Å². The molecule has 1 aliphatic rings. The van der Waals surface area contributed by atoms with Gasteiger partial charge in [-0.15, -0.1) is 0 Å². The van der Waals surface area contributed by atoms with Gasteiger partial charge in [0.05, 0.1) is 25.7 Å². The molecule has 0 radical (unpaired) electrons. The Kier molecular flexibility index (Phi) is 5.19. The quantitative estimate of drug-likeness (QED) is 0.849. The Balaban J connectivity index is 2.02. The van der Waals surface area contributed by atoms with Crippen molar-refractivity contribution in [1.82, 2.24) is 0 Å². The van der Waals surface area contributed by atoms with Crippen molar-refractivity contribution in [3.05, 3.63) is 71.8 Å². The molecular weight excluding hydrogens is 316 g/mol. The first-order valence-corrected chi connectivity index (χ1v) is 8.41. The summed E-state index contributed by atoms with van der Waals surface area (Å²) >= 11 is 0. The van der Waals surface area contributed by atoms with Crippen molar-refractivity contribution in [2.75, 3.05) is 13.7 Å². The van der Waals surface area contributed by atoms with Crippen molar-refractivity contribution in [3.63, 3.8) is 0 Å². The summed E-state index contributed by atoms with van der Waals surface area (Å²) in [6.45, 7) is 2.07. The lowest BCUT2D eigenvalue weighted by molar-refractivity contribution is -0.150. The summed E-state index contributed by atoms with van der Waals surface area (Å²) in [5, 5.41) is 10.5. The lowest BCUT2D eigenvalue weighted by atomic mass is 9.81. The van der Waals surface area contributed by atoms with Gasteiger partial charge in [0.15, 0.2) is 0 Å². The van der Waals surface area contributed by atoms with Gasteiger partial charge in [-0.1, -0.05) is 48.5 Å². The van der Waals surface area contributed by atoms with Crippen molar-refractivity contribution in [2.24, 2.45) is 5.92 Å². The van der Waals surface area contributed by atoms with Crippen LogP contribution in [0.4, 0.5) is 0 Å². The van der Waals surface area contributed by atoms with E-state index in [0.717, 1.165) is 22.4 Å². The highest BCUT2D eigenvalue weighted by molar-refractivity contribution is 5.85. The molecule has 0 spiro atoms. The maximum absolute atomic E-state index is 12.5. The van der Waals surface area contributed by atoms with E-state index in [9.17, 15) is 9.90 Å². The number of methoxy groups -OCH3 is 1. The highest BCUT2D eigenvalue weighted by atomic mass is 16.5. The van der Waals surface area contributed by atoms with E-state index in [0.29, 0.717) is 6.61 Å². The maximum atomic E-state index is 12.5. The Bertz CT molecular complexity index is 749. The minimum absolute atomic E-state index is 0.247. The molecule has 2 aromatic carbocycles. The Morgan fingerprint density at radius 1 is 1.08 bits per heavy atom. The number of carbonyl (C=O) groups is 1. The Morgan fingerprint density at radius 3 is 2.36 bits per heavy atom. The zero-order valence-electron chi connectivity index (χ0n) is 14.4. The second kappa shape index (κ2) is 7.53. The van der Waals surface area contributed by atoms with Crippen molar-refractivity contribution < 1.29 is 19.4 Å². The van der Waals surface area contributed by atoms with E-state index in [1.54, 1.807) is 20.1 Å². The third kappa shape index (κ3) is 3.44. The third-order valence-electron chi connectivity index (χ3n) is 4.55. The second-order valence-corrected chi connectivity index (χ2v) is 6.01. The molecule has 3 atom stereocenters. The summed E-state index contributed by atoms with van der Waals surface area (Å²) in [5.74, 6) is -0.493. The smallest absolute Gasteiger partial charge is 0.312 e. The number of rotatable bonds is 5. The highest BCUT2D eigenvalue weighted by Crippen LogP contribution is 2.46. The van der Waals surface area contributed by atoms with Crippen LogP contribution < -0.4 is 4.74 Å². The minimum Gasteiger partial charge on any atom is -0.497 e. The average Bonchev–Trinajstić information content (AvgIpc) is 3.00. The van der Waals surface area contributed by atoms with E-state index in [4.69, 9.17) is 9.47 Å². The summed E-state index contributed by atoms with van der Waals surface area (Å²) in [4.78, 5) is 12.5. The Hall–Kier alpha value is -2.59. The summed E-state index contributed by atoms with van der Waals surface area (Å²) < 4.78 is 10.4. The number of benzene rings is 2. The fourth-order valence-corrected chi connectivity index (χ4v) is 3.40. The van der Waals surface area contributed by atoms with E-state index < -0.39 is 12.0 Å². The van der Waals surface area contributed by atoms with Gasteiger partial charge >= 0.3 is 5.97 Å². The molecular formula is C21H22O4. The van der Waals surface area contributed by atoms with Crippen molar-refractivity contribution in [2.45, 2.75) is 18.9 Å². The van der Waals surface area contributed by atoms with Crippen molar-refractivity contribution >= 4 is 11.5 Å². The molecule has 0 amide bonds. The van der Waals surface area contributed by atoms with Crippen molar-refractivity contribution in [1.29, 1.82) is 0 Å². The maximum Gasteiger partial charge on any atom is 0.312 e. The SMILES string of the molecule is CCOC(=O)[C@H]1[C@H](O)C=C(c2ccc(OC)cc2)[C@@H]1c1ccccc1. The van der Waals surface area contributed by atoms with Gasteiger partial charge in [0.25, 0.3) is 0 Å². The fraction of sp³-hybridized carbons (Fsp3) is 0.286. The zero-order valence-corrected chi connectivity index (χ0v) is 14.4. The molecule has 1 aliphatic carbocycles. The molecule has 0 bridgehead atoms. The number of aliphatic hydroxyl groups excluding tert-OH is 1. The van der Waals surface area contributed by atoms with Crippen LogP contribution in [0, 0.1) is 5.92 Å². The number of ether oxygens (including phenoxy) is 2. The molecule has 0 aliphatic heterocycles. The number of esters is 1. The van der Waals surface area contributed by atoms with Crippen LogP contribution in [0.2, 0.25) is 0 Å². The van der Waals surface area contributed by atoms with Crippen LogP contribution >= 0.6 is 0 Å². The summed E-state index contributed by atoms with van der Waals surface area (Å²) in [7, 11) is 1.62. The van der Waals surface area contributed by atoms with Crippen LogP contribution in [0.5, 0.6) is 5.75 Å². The van der Waals surface area contributed by atoms with Crippen LogP contribution in [-0.2, 0) is 9.53 Å². The first-order chi connectivity index (χ1) is 12.2. The highest BCUT2D eigenvalue weighted by Gasteiger charge is 2.43. The topological polar surface area (TPSA) is 55.8 Å². The van der Waals surface area contributed by atoms with E-state index in [-0.39, 0.29) is 11.9 Å². The number of aliphatic hydroxyl groups is 1. The van der Waals surface area contributed by atoms with Gasteiger partial charge in [-0.3, -0.25) is 4.79 Å². The van der Waals surface area contributed by atoms with Gasteiger partial charge in [0.2, 0.25) is 0 Å². The average molecular weight is 338 g/mol. The minimum atomic E-state index is -0.874. The van der Waals surface area contributed by atoms with E-state index >= 15 is 0 Å². The standard InChI is InChI=1S/C21H22O4/c1-3-25-21(23)20-18(22)13-17(14-9-11-16(24-2)12-10-14)19(20)15-7-5-4-6-8-15/h4-13,18-20,22H,3H2,1-2H3/t18-,19+,20+/m1/s1. The normalized spacial score (nSPS) is 22.4. The van der Waals surface area contributed by atoms with Crippen molar-refractivity contribution in [3.8, 4) is 5.75 Å². The van der Waals surface area contributed by atoms with Crippen LogP contribution in [0.1, 0.15) is 24.0 Å². The summed E-state index contributed by atoms with van der Waals surface area (Å²) in [5.41, 5.74) is 2.87. The summed E-state index contributed by atoms with van der Waals surface area (Å²) in [6.07, 6.45) is 0.891. The van der Waals surface area contributed by atoms with Crippen LogP contribution in [0.15, 0.2) is 60.7 Å². The van der Waals surface area contributed by atoms with E-state index in [1.165, 1.54) is 0 Å². The van der Waals surface area contributed by atoms with Gasteiger partial charge in [-0.2, -0.15) is 0 Å². The molecule has 0 fully saturated rings. The lowest BCUT2D eigenvalue weighted by Gasteiger charge is -2.24. The molecule has 0 heterocycles. The molecule has 3 rings (SSSR count). The van der Waals surface area contributed by atoms with Gasteiger partial charge in [-0.05, 0) is 35.8 Å². The van der Waals surface area contributed by atoms with Gasteiger partial charge in [0, 0.05) is 5.92 Å². The lowest BCUT2D eigenvalue weighted by Crippen LogP contribution is -2.30. The molecule has 130 valence electrons. The van der Waals surface area contributed by atoms with Gasteiger partial charge < -0.3 is 14.6 Å². The number of carbonyl (C=O) groups excluding carboxylic acids is 1. The Morgan fingerprint density at radius 2 is 1.76 bits per heavy atom. The van der Waals surface area contributed by atoms with Crippen LogP contribution in [-0.4, -0.2) is 30.9 Å². The molecule has 0 aromatic heterocycles. The molecule has 0 saturated carbocycles. The third-order valence-corrected chi connectivity index (χ3v) is 4.55. The monoisotopic (exact) mass is 338 g/mol. The zero-order chi connectivity index (χ0) is 17.8. The van der Waals surface area contributed by atoms with E-state index in [1.807, 2.05) is 54.6 Å². The molecule has 4 nitrogen and oxygen atoms in total. The van der Waals surface area contributed by atoms with E-state index in [2.05, 4.69) is 0 Å². The predicted octanol–water partition coefficient (Wildman–Crippen LogP) is 3.42. The molecule has 4 heteroatoms. The summed E-state index contributed by atoms with van der Waals surface area (Å²) in [6, 6.07) is 17.4. The number of hydrogen-bond acceptors (Lipinski definition) is 4. The first-order valence-electron chi connectivity index (χ1n) is 8.41. The second-order valence-electron chi connectivity index (χ2n) is 6.01. The number of hydrogen-bond donors (Lipinski definition) is 1. The van der Waals surface area contributed by atoms with Crippen LogP contribution in [0.3, 0.4) is 0 Å². The predicted molar refractivity (Wildman–Crippen MR) is 96.3 cm³/mol. The first kappa shape index (κ1) is 17.2. The number of allylic oxidation sites excluding steroid dienone is 1. The van der Waals surface area contributed by atoms with Gasteiger partial charge in [-0.25, -0.2) is 0 Å². The van der Waals surface area contributed by atoms with Crippen LogP contribution in [0.25, 0.3) is 5.57 Å². The molecule has 25 heavy (non-hydrogen) atoms. The molecule has 0 unspecified atom stereocenters. The Labute approximate surface area is 147 Å².